The van der Waals surface area contributed by atoms with E-state index < -0.39 is 11.5 Å². The van der Waals surface area contributed by atoms with Gasteiger partial charge in [-0.2, -0.15) is 9.49 Å². The number of rotatable bonds is 6. The van der Waals surface area contributed by atoms with Gasteiger partial charge in [0.15, 0.2) is 5.65 Å². The molecule has 0 bridgehead atoms. The maximum absolute atomic E-state index is 13.9. The summed E-state index contributed by atoms with van der Waals surface area (Å²) >= 11 is 0. The van der Waals surface area contributed by atoms with E-state index in [1.165, 1.54) is 23.3 Å². The Morgan fingerprint density at radius 2 is 1.80 bits per heavy atom. The van der Waals surface area contributed by atoms with Gasteiger partial charge in [-0.05, 0) is 62.8 Å². The molecule has 2 fully saturated rings. The normalized spacial score (nSPS) is 20.9. The summed E-state index contributed by atoms with van der Waals surface area (Å²) in [6, 6.07) is 13.0. The summed E-state index contributed by atoms with van der Waals surface area (Å²) in [6.07, 6.45) is 8.18. The minimum absolute atomic E-state index is 0.0710. The standard InChI is InChI=1S/C29H32FN7O3/c30-25-24(7-4-14-31-25)34-21-10-8-20(9-11-21)27(38)35-15-12-29(40,13-16-35)18-36-19-32-26-23(28(36)39)17-33-37(26)22-5-2-1-3-6-22/h1-7,14,17,19-21,34,40H,8-13,15-16,18H2. The lowest BCUT2D eigenvalue weighted by Gasteiger charge is -2.40. The van der Waals surface area contributed by atoms with E-state index in [-0.39, 0.29) is 30.0 Å². The number of halogens is 1. The molecule has 1 aliphatic carbocycles. The SMILES string of the molecule is O=C(C1CCC(Nc2cccnc2F)CC1)N1CCC(O)(Cn2cnc3c(cnn3-c3ccccc3)c2=O)CC1. The van der Waals surface area contributed by atoms with E-state index in [0.29, 0.717) is 42.7 Å². The van der Waals surface area contributed by atoms with Crippen LogP contribution < -0.4 is 10.9 Å². The van der Waals surface area contributed by atoms with E-state index >= 15 is 0 Å². The third-order valence-electron chi connectivity index (χ3n) is 8.22. The number of amides is 1. The van der Waals surface area contributed by atoms with E-state index in [9.17, 15) is 19.1 Å². The van der Waals surface area contributed by atoms with Crippen molar-refractivity contribution >= 4 is 22.6 Å². The van der Waals surface area contributed by atoms with Gasteiger partial charge >= 0.3 is 0 Å². The van der Waals surface area contributed by atoms with Crippen molar-refractivity contribution in [1.82, 2.24) is 29.2 Å². The molecule has 4 aromatic rings. The number of aliphatic hydroxyl groups is 1. The molecule has 3 aromatic heterocycles. The third kappa shape index (κ3) is 5.21. The van der Waals surface area contributed by atoms with Crippen LogP contribution in [0, 0.1) is 11.9 Å². The molecule has 0 radical (unpaired) electrons. The molecular formula is C29H32FN7O3. The molecule has 0 spiro atoms. The quantitative estimate of drug-likeness (QED) is 0.358. The van der Waals surface area contributed by atoms with Gasteiger partial charge in [-0.15, -0.1) is 0 Å². The van der Waals surface area contributed by atoms with Gasteiger partial charge in [0.2, 0.25) is 11.9 Å². The number of piperidine rings is 1. The zero-order valence-electron chi connectivity index (χ0n) is 22.1. The van der Waals surface area contributed by atoms with Gasteiger partial charge in [0.05, 0.1) is 29.7 Å². The number of benzene rings is 1. The Balaban J connectivity index is 1.05. The minimum Gasteiger partial charge on any atom is -0.388 e. The predicted octanol–water partition coefficient (Wildman–Crippen LogP) is 3.14. The summed E-state index contributed by atoms with van der Waals surface area (Å²) in [7, 11) is 0. The molecule has 40 heavy (non-hydrogen) atoms. The number of aromatic nitrogens is 5. The summed E-state index contributed by atoms with van der Waals surface area (Å²) < 4.78 is 16.9. The fourth-order valence-corrected chi connectivity index (χ4v) is 5.89. The lowest BCUT2D eigenvalue weighted by atomic mass is 9.84. The molecule has 1 saturated heterocycles. The number of hydrogen-bond acceptors (Lipinski definition) is 7. The van der Waals surface area contributed by atoms with Crippen molar-refractivity contribution < 1.29 is 14.3 Å². The molecule has 0 atom stereocenters. The fraction of sp³-hybridized carbons (Fsp3) is 0.414. The second-order valence-corrected chi connectivity index (χ2v) is 10.9. The van der Waals surface area contributed by atoms with Crippen molar-refractivity contribution in [1.29, 1.82) is 0 Å². The van der Waals surface area contributed by atoms with Crippen molar-refractivity contribution in [3.63, 3.8) is 0 Å². The van der Waals surface area contributed by atoms with Crippen LogP contribution in [0.3, 0.4) is 0 Å². The number of nitrogens with one attached hydrogen (secondary N) is 1. The molecule has 1 amide bonds. The van der Waals surface area contributed by atoms with Gasteiger partial charge in [0.1, 0.15) is 11.7 Å². The highest BCUT2D eigenvalue weighted by molar-refractivity contribution is 5.79. The molecule has 10 nitrogen and oxygen atoms in total. The molecule has 11 heteroatoms. The van der Waals surface area contributed by atoms with Gasteiger partial charge in [-0.1, -0.05) is 18.2 Å². The molecule has 208 valence electrons. The predicted molar refractivity (Wildman–Crippen MR) is 147 cm³/mol. The lowest BCUT2D eigenvalue weighted by Crippen LogP contribution is -2.51. The maximum atomic E-state index is 13.9. The molecule has 6 rings (SSSR count). The Bertz CT molecular complexity index is 1550. The first-order chi connectivity index (χ1) is 19.4. The first-order valence-electron chi connectivity index (χ1n) is 13.8. The van der Waals surface area contributed by atoms with Crippen LogP contribution in [0.4, 0.5) is 10.1 Å². The number of carbonyl (C=O) groups excluding carboxylic acids is 1. The summed E-state index contributed by atoms with van der Waals surface area (Å²) in [4.78, 5) is 36.4. The highest BCUT2D eigenvalue weighted by Gasteiger charge is 2.37. The van der Waals surface area contributed by atoms with Gasteiger partial charge in [0, 0.05) is 31.2 Å². The summed E-state index contributed by atoms with van der Waals surface area (Å²) in [6.45, 7) is 0.977. The topological polar surface area (TPSA) is 118 Å². The smallest absolute Gasteiger partial charge is 0.264 e. The average Bonchev–Trinajstić information content (AvgIpc) is 3.42. The Morgan fingerprint density at radius 3 is 2.52 bits per heavy atom. The van der Waals surface area contributed by atoms with E-state index in [4.69, 9.17) is 0 Å². The highest BCUT2D eigenvalue weighted by atomic mass is 19.1. The molecule has 0 unspecified atom stereocenters. The molecule has 4 heterocycles. The van der Waals surface area contributed by atoms with Crippen molar-refractivity contribution in [2.24, 2.45) is 5.92 Å². The van der Waals surface area contributed by atoms with Crippen LogP contribution in [-0.2, 0) is 11.3 Å². The molecule has 2 N–H and O–H groups in total. The van der Waals surface area contributed by atoms with Crippen LogP contribution in [0.2, 0.25) is 0 Å². The number of anilines is 1. The van der Waals surface area contributed by atoms with Gasteiger partial charge in [0.25, 0.3) is 5.56 Å². The first-order valence-corrected chi connectivity index (χ1v) is 13.8. The van der Waals surface area contributed by atoms with Crippen molar-refractivity contribution in [3.05, 3.63) is 77.5 Å². The maximum Gasteiger partial charge on any atom is 0.264 e. The Kier molecular flexibility index (Phi) is 7.05. The monoisotopic (exact) mass is 545 g/mol. The Labute approximate surface area is 230 Å². The summed E-state index contributed by atoms with van der Waals surface area (Å²) in [5, 5.41) is 19.3. The molecule has 1 saturated carbocycles. The van der Waals surface area contributed by atoms with E-state index in [2.05, 4.69) is 20.4 Å². The van der Waals surface area contributed by atoms with Crippen LogP contribution in [0.1, 0.15) is 38.5 Å². The van der Waals surface area contributed by atoms with Crippen LogP contribution in [0.5, 0.6) is 0 Å². The first kappa shape index (κ1) is 26.1. The van der Waals surface area contributed by atoms with Crippen molar-refractivity contribution in [2.45, 2.75) is 56.7 Å². The number of likely N-dealkylation sites (tertiary alicyclic amines) is 1. The zero-order chi connectivity index (χ0) is 27.7. The molecule has 1 aliphatic heterocycles. The van der Waals surface area contributed by atoms with Crippen LogP contribution in [0.25, 0.3) is 16.7 Å². The number of carbonyl (C=O) groups is 1. The largest absolute Gasteiger partial charge is 0.388 e. The second-order valence-electron chi connectivity index (χ2n) is 10.9. The number of para-hydroxylation sites is 1. The van der Waals surface area contributed by atoms with Crippen LogP contribution in [0.15, 0.2) is 66.0 Å². The zero-order valence-corrected chi connectivity index (χ0v) is 22.1. The summed E-state index contributed by atoms with van der Waals surface area (Å²) in [5.74, 6) is -0.471. The van der Waals surface area contributed by atoms with Crippen molar-refractivity contribution in [3.8, 4) is 5.69 Å². The van der Waals surface area contributed by atoms with Gasteiger partial charge < -0.3 is 15.3 Å². The van der Waals surface area contributed by atoms with E-state index in [1.807, 2.05) is 35.2 Å². The Hall–Kier alpha value is -4.12. The van der Waals surface area contributed by atoms with Crippen LogP contribution >= 0.6 is 0 Å². The van der Waals surface area contributed by atoms with E-state index in [1.54, 1.807) is 16.8 Å². The van der Waals surface area contributed by atoms with Crippen LogP contribution in [-0.4, -0.2) is 65.0 Å². The molecule has 1 aromatic carbocycles. The second kappa shape index (κ2) is 10.8. The number of fused-ring (bicyclic) bond motifs is 1. The molecular weight excluding hydrogens is 513 g/mol. The fourth-order valence-electron chi connectivity index (χ4n) is 5.89. The summed E-state index contributed by atoms with van der Waals surface area (Å²) in [5.41, 5.74) is 0.308. The van der Waals surface area contributed by atoms with Crippen molar-refractivity contribution in [2.75, 3.05) is 18.4 Å². The minimum atomic E-state index is -1.11. The third-order valence-corrected chi connectivity index (χ3v) is 8.22. The van der Waals surface area contributed by atoms with Gasteiger partial charge in [-0.3, -0.25) is 14.2 Å². The average molecular weight is 546 g/mol. The highest BCUT2D eigenvalue weighted by Crippen LogP contribution is 2.31. The molecule has 2 aliphatic rings. The lowest BCUT2D eigenvalue weighted by molar-refractivity contribution is -0.141. The van der Waals surface area contributed by atoms with Gasteiger partial charge in [-0.25, -0.2) is 14.6 Å². The number of pyridine rings is 1. The Morgan fingerprint density at radius 1 is 1.05 bits per heavy atom. The number of nitrogens with zero attached hydrogens (tertiary/aromatic N) is 6. The number of hydrogen-bond donors (Lipinski definition) is 2. The van der Waals surface area contributed by atoms with E-state index in [0.717, 1.165) is 31.4 Å².